The number of hydrogen-bond donors (Lipinski definition) is 1. The van der Waals surface area contributed by atoms with Crippen LogP contribution in [0.15, 0.2) is 65.1 Å². The number of carbonyl (C=O) groups is 2. The van der Waals surface area contributed by atoms with E-state index in [1.165, 1.54) is 0 Å². The number of para-hydroxylation sites is 1. The Morgan fingerprint density at radius 1 is 1.00 bits per heavy atom. The molecule has 0 spiro atoms. The molecule has 1 saturated heterocycles. The van der Waals surface area contributed by atoms with Crippen molar-refractivity contribution in [2.24, 2.45) is 0 Å². The highest BCUT2D eigenvalue weighted by atomic mass is 35.5. The molecule has 3 aromatic rings. The number of nitrogens with zero attached hydrogens (tertiary/aromatic N) is 3. The number of urea groups is 1. The van der Waals surface area contributed by atoms with Gasteiger partial charge in [0, 0.05) is 36.9 Å². The molecule has 3 amide bonds. The third-order valence-corrected chi connectivity index (χ3v) is 5.67. The minimum absolute atomic E-state index is 0.102. The molecule has 1 fully saturated rings. The second kappa shape index (κ2) is 10.8. The molecule has 4 rings (SSSR count). The summed E-state index contributed by atoms with van der Waals surface area (Å²) in [6.45, 7) is 1.97. The molecule has 2 heterocycles. The van der Waals surface area contributed by atoms with Crippen LogP contribution >= 0.6 is 11.6 Å². The molecule has 174 valence electrons. The second-order valence-corrected chi connectivity index (χ2v) is 8.17. The van der Waals surface area contributed by atoms with Crippen LogP contribution in [0, 0.1) is 11.3 Å². The third-order valence-electron chi connectivity index (χ3n) is 5.42. The van der Waals surface area contributed by atoms with Crippen LogP contribution in [0.1, 0.15) is 28.3 Å². The van der Waals surface area contributed by atoms with Gasteiger partial charge in [-0.05, 0) is 55.0 Å². The number of ether oxygens (including phenoxy) is 1. The zero-order valence-electron chi connectivity index (χ0n) is 18.4. The highest BCUT2D eigenvalue weighted by molar-refractivity contribution is 6.30. The van der Waals surface area contributed by atoms with Gasteiger partial charge in [0.05, 0.1) is 5.56 Å². The predicted molar refractivity (Wildman–Crippen MR) is 127 cm³/mol. The SMILES string of the molecule is N#Cc1ccccc1OCc1ccc(C(=O)N2CCCN(C(=O)Nc3ccc(Cl)cc3)CC2)o1. The number of carbonyl (C=O) groups excluding carboxylic acids is 2. The zero-order chi connectivity index (χ0) is 23.9. The quantitative estimate of drug-likeness (QED) is 0.569. The van der Waals surface area contributed by atoms with E-state index in [0.717, 1.165) is 0 Å². The Morgan fingerprint density at radius 3 is 2.53 bits per heavy atom. The van der Waals surface area contributed by atoms with Crippen LogP contribution in [0.2, 0.25) is 5.02 Å². The van der Waals surface area contributed by atoms with Gasteiger partial charge in [-0.3, -0.25) is 4.79 Å². The van der Waals surface area contributed by atoms with Gasteiger partial charge in [-0.1, -0.05) is 23.7 Å². The van der Waals surface area contributed by atoms with Gasteiger partial charge in [-0.25, -0.2) is 4.79 Å². The van der Waals surface area contributed by atoms with E-state index in [-0.39, 0.29) is 24.3 Å². The van der Waals surface area contributed by atoms with Crippen LogP contribution < -0.4 is 10.1 Å². The van der Waals surface area contributed by atoms with Crippen LogP contribution in [-0.2, 0) is 6.61 Å². The summed E-state index contributed by atoms with van der Waals surface area (Å²) in [6.07, 6.45) is 0.654. The lowest BCUT2D eigenvalue weighted by atomic mass is 10.2. The molecular weight excluding hydrogens is 456 g/mol. The summed E-state index contributed by atoms with van der Waals surface area (Å²) < 4.78 is 11.4. The summed E-state index contributed by atoms with van der Waals surface area (Å²) in [5.74, 6) is 0.920. The van der Waals surface area contributed by atoms with Crippen LogP contribution in [0.4, 0.5) is 10.5 Å². The summed E-state index contributed by atoms with van der Waals surface area (Å²) >= 11 is 5.89. The molecule has 1 N–H and O–H groups in total. The second-order valence-electron chi connectivity index (χ2n) is 7.73. The molecule has 0 bridgehead atoms. The van der Waals surface area contributed by atoms with E-state index >= 15 is 0 Å². The van der Waals surface area contributed by atoms with Crippen molar-refractivity contribution in [2.75, 3.05) is 31.5 Å². The van der Waals surface area contributed by atoms with Crippen molar-refractivity contribution in [3.63, 3.8) is 0 Å². The molecule has 0 unspecified atom stereocenters. The first-order valence-electron chi connectivity index (χ1n) is 10.8. The standard InChI is InChI=1S/C25H23ClN4O4/c26-19-6-8-20(9-7-19)28-25(32)30-13-3-12-29(14-15-30)24(31)23-11-10-21(34-23)17-33-22-5-2-1-4-18(22)16-27/h1-2,4-11H,3,12-15,17H2,(H,28,32). The maximum Gasteiger partial charge on any atom is 0.321 e. The van der Waals surface area contributed by atoms with Gasteiger partial charge in [-0.2, -0.15) is 5.26 Å². The molecule has 34 heavy (non-hydrogen) atoms. The Labute approximate surface area is 202 Å². The summed E-state index contributed by atoms with van der Waals surface area (Å²) in [7, 11) is 0. The lowest BCUT2D eigenvalue weighted by Crippen LogP contribution is -2.39. The van der Waals surface area contributed by atoms with Crippen LogP contribution in [0.3, 0.4) is 0 Å². The molecule has 8 nitrogen and oxygen atoms in total. The predicted octanol–water partition coefficient (Wildman–Crippen LogP) is 4.76. The fourth-order valence-electron chi connectivity index (χ4n) is 3.62. The fourth-order valence-corrected chi connectivity index (χ4v) is 3.75. The number of halogens is 1. The lowest BCUT2D eigenvalue weighted by Gasteiger charge is -2.22. The van der Waals surface area contributed by atoms with E-state index in [0.29, 0.717) is 60.4 Å². The minimum Gasteiger partial charge on any atom is -0.484 e. The number of hydrogen-bond acceptors (Lipinski definition) is 5. The lowest BCUT2D eigenvalue weighted by molar-refractivity contribution is 0.0726. The molecule has 1 aliphatic rings. The Hall–Kier alpha value is -3.96. The highest BCUT2D eigenvalue weighted by Crippen LogP contribution is 2.20. The van der Waals surface area contributed by atoms with Gasteiger partial charge < -0.3 is 24.3 Å². The van der Waals surface area contributed by atoms with Gasteiger partial charge >= 0.3 is 6.03 Å². The first-order chi connectivity index (χ1) is 16.5. The monoisotopic (exact) mass is 478 g/mol. The molecule has 9 heteroatoms. The Morgan fingerprint density at radius 2 is 1.74 bits per heavy atom. The summed E-state index contributed by atoms with van der Waals surface area (Å²) in [6, 6.07) is 19.0. The molecule has 0 aliphatic carbocycles. The largest absolute Gasteiger partial charge is 0.484 e. The average molecular weight is 479 g/mol. The third kappa shape index (κ3) is 5.69. The van der Waals surface area contributed by atoms with Crippen molar-refractivity contribution in [2.45, 2.75) is 13.0 Å². The van der Waals surface area contributed by atoms with Gasteiger partial charge in [0.25, 0.3) is 5.91 Å². The summed E-state index contributed by atoms with van der Waals surface area (Å²) in [4.78, 5) is 28.9. The van der Waals surface area contributed by atoms with E-state index in [1.54, 1.807) is 70.5 Å². The summed E-state index contributed by atoms with van der Waals surface area (Å²) in [5, 5.41) is 12.6. The van der Waals surface area contributed by atoms with Crippen molar-refractivity contribution >= 4 is 29.2 Å². The Kier molecular flexibility index (Phi) is 7.35. The highest BCUT2D eigenvalue weighted by Gasteiger charge is 2.25. The number of anilines is 1. The van der Waals surface area contributed by atoms with Crippen molar-refractivity contribution in [1.29, 1.82) is 5.26 Å². The number of rotatable bonds is 5. The van der Waals surface area contributed by atoms with E-state index < -0.39 is 0 Å². The van der Waals surface area contributed by atoms with Crippen molar-refractivity contribution in [3.05, 3.63) is 82.8 Å². The molecular formula is C25H23ClN4O4. The van der Waals surface area contributed by atoms with Crippen LogP contribution in [0.25, 0.3) is 0 Å². The van der Waals surface area contributed by atoms with Gasteiger partial charge in [0.1, 0.15) is 24.2 Å². The molecule has 0 atom stereocenters. The van der Waals surface area contributed by atoms with Crippen molar-refractivity contribution in [3.8, 4) is 11.8 Å². The topological polar surface area (TPSA) is 98.8 Å². The van der Waals surface area contributed by atoms with E-state index in [1.807, 2.05) is 0 Å². The van der Waals surface area contributed by atoms with Crippen LogP contribution in [0.5, 0.6) is 5.75 Å². The smallest absolute Gasteiger partial charge is 0.321 e. The Balaban J connectivity index is 1.31. The number of nitriles is 1. The number of amides is 3. The van der Waals surface area contributed by atoms with Gasteiger partial charge in [0.15, 0.2) is 5.76 Å². The normalized spacial score (nSPS) is 13.6. The molecule has 0 saturated carbocycles. The van der Waals surface area contributed by atoms with Crippen molar-refractivity contribution in [1.82, 2.24) is 9.80 Å². The maximum atomic E-state index is 13.0. The Bertz CT molecular complexity index is 1200. The average Bonchev–Trinajstić information content (AvgIpc) is 3.19. The molecule has 1 aliphatic heterocycles. The first kappa shape index (κ1) is 23.2. The van der Waals surface area contributed by atoms with Gasteiger partial charge in [-0.15, -0.1) is 0 Å². The maximum absolute atomic E-state index is 13.0. The van der Waals surface area contributed by atoms with E-state index in [4.69, 9.17) is 26.0 Å². The molecule has 0 radical (unpaired) electrons. The van der Waals surface area contributed by atoms with E-state index in [2.05, 4.69) is 11.4 Å². The van der Waals surface area contributed by atoms with Gasteiger partial charge in [0.2, 0.25) is 0 Å². The van der Waals surface area contributed by atoms with Crippen LogP contribution in [-0.4, -0.2) is 47.9 Å². The zero-order valence-corrected chi connectivity index (χ0v) is 19.1. The van der Waals surface area contributed by atoms with E-state index in [9.17, 15) is 9.59 Å². The number of benzene rings is 2. The number of nitrogens with one attached hydrogen (secondary N) is 1. The van der Waals surface area contributed by atoms with Crippen molar-refractivity contribution < 1.29 is 18.7 Å². The molecule has 2 aromatic carbocycles. The summed E-state index contributed by atoms with van der Waals surface area (Å²) in [5.41, 5.74) is 1.09. The number of furan rings is 1. The molecule has 1 aromatic heterocycles. The fraction of sp³-hybridized carbons (Fsp3) is 0.240. The first-order valence-corrected chi connectivity index (χ1v) is 11.2. The minimum atomic E-state index is -0.233.